The zero-order valence-electron chi connectivity index (χ0n) is 9.12. The third-order valence-electron chi connectivity index (χ3n) is 2.03. The Bertz CT molecular complexity index is 249. The summed E-state index contributed by atoms with van der Waals surface area (Å²) in [5.74, 6) is -0.0834. The van der Waals surface area contributed by atoms with Crippen LogP contribution < -0.4 is 0 Å². The third-order valence-corrected chi connectivity index (χ3v) is 2.03. The quantitative estimate of drug-likeness (QED) is 0.609. The minimum Gasteiger partial charge on any atom is -0.295 e. The molecule has 0 aromatic heterocycles. The molecular formula is C12H18O2. The highest BCUT2D eigenvalue weighted by Gasteiger charge is 2.15. The molecule has 1 atom stereocenters. The van der Waals surface area contributed by atoms with Gasteiger partial charge in [-0.05, 0) is 32.4 Å². The van der Waals surface area contributed by atoms with Crippen molar-refractivity contribution >= 4 is 11.6 Å². The average Bonchev–Trinajstić information content (AvgIpc) is 2.15. The topological polar surface area (TPSA) is 34.1 Å². The molecule has 0 aliphatic heterocycles. The van der Waals surface area contributed by atoms with Crippen molar-refractivity contribution in [3.05, 3.63) is 24.3 Å². The van der Waals surface area contributed by atoms with Crippen molar-refractivity contribution in [1.82, 2.24) is 0 Å². The first-order valence-corrected chi connectivity index (χ1v) is 4.97. The molecule has 0 bridgehead atoms. The number of hydrogen-bond donors (Lipinski definition) is 0. The van der Waals surface area contributed by atoms with Crippen LogP contribution in [0.2, 0.25) is 0 Å². The Morgan fingerprint density at radius 2 is 1.71 bits per heavy atom. The van der Waals surface area contributed by atoms with Gasteiger partial charge in [-0.3, -0.25) is 9.59 Å². The molecule has 0 radical (unpaired) electrons. The fourth-order valence-corrected chi connectivity index (χ4v) is 1.24. The van der Waals surface area contributed by atoms with Gasteiger partial charge in [0.2, 0.25) is 0 Å². The minimum atomic E-state index is -0.158. The van der Waals surface area contributed by atoms with E-state index in [1.165, 1.54) is 12.2 Å². The molecule has 0 amide bonds. The molecular weight excluding hydrogens is 176 g/mol. The number of hydrogen-bond acceptors (Lipinski definition) is 2. The molecule has 0 heterocycles. The lowest BCUT2D eigenvalue weighted by molar-refractivity contribution is -0.123. The predicted molar refractivity (Wildman–Crippen MR) is 58.0 cm³/mol. The van der Waals surface area contributed by atoms with Crippen LogP contribution in [0.4, 0.5) is 0 Å². The normalized spacial score (nSPS) is 13.6. The summed E-state index contributed by atoms with van der Waals surface area (Å²) in [5, 5.41) is 0. The van der Waals surface area contributed by atoms with Crippen LogP contribution in [-0.2, 0) is 9.59 Å². The van der Waals surface area contributed by atoms with E-state index < -0.39 is 0 Å². The molecule has 0 N–H and O–H groups in total. The monoisotopic (exact) mass is 194 g/mol. The molecule has 0 rings (SSSR count). The van der Waals surface area contributed by atoms with Gasteiger partial charge >= 0.3 is 0 Å². The standard InChI is InChI=1S/C12H18O2/c1-4-7-11(13)9-10(6-3)12(14)8-5-2/h4-5,7-8,10H,6,9H2,1-3H3/b7-4+,8-5+/t10-/m0/s1. The summed E-state index contributed by atoms with van der Waals surface area (Å²) in [6, 6.07) is 0. The Hall–Kier alpha value is -1.18. The molecule has 0 aromatic rings. The lowest BCUT2D eigenvalue weighted by Gasteiger charge is -2.08. The minimum absolute atomic E-state index is 0.0252. The Balaban J connectivity index is 4.28. The van der Waals surface area contributed by atoms with E-state index in [0.29, 0.717) is 12.8 Å². The predicted octanol–water partition coefficient (Wildman–Crippen LogP) is 2.69. The number of carbonyl (C=O) groups excluding carboxylic acids is 2. The van der Waals surface area contributed by atoms with Crippen molar-refractivity contribution in [2.45, 2.75) is 33.6 Å². The van der Waals surface area contributed by atoms with Gasteiger partial charge in [0, 0.05) is 12.3 Å². The number of ketones is 2. The van der Waals surface area contributed by atoms with E-state index in [1.54, 1.807) is 26.0 Å². The first kappa shape index (κ1) is 12.8. The summed E-state index contributed by atoms with van der Waals surface area (Å²) in [7, 11) is 0. The smallest absolute Gasteiger partial charge is 0.158 e. The van der Waals surface area contributed by atoms with Gasteiger partial charge in [-0.25, -0.2) is 0 Å². The molecule has 0 unspecified atom stereocenters. The van der Waals surface area contributed by atoms with Gasteiger partial charge in [0.05, 0.1) is 0 Å². The molecule has 78 valence electrons. The maximum Gasteiger partial charge on any atom is 0.158 e. The number of allylic oxidation sites excluding steroid dienone is 4. The molecule has 0 saturated heterocycles. The highest BCUT2D eigenvalue weighted by Crippen LogP contribution is 2.11. The lowest BCUT2D eigenvalue weighted by atomic mass is 9.94. The summed E-state index contributed by atoms with van der Waals surface area (Å²) in [5.41, 5.74) is 0. The zero-order chi connectivity index (χ0) is 11.0. The largest absolute Gasteiger partial charge is 0.295 e. The van der Waals surface area contributed by atoms with Gasteiger partial charge in [-0.2, -0.15) is 0 Å². The number of rotatable bonds is 6. The average molecular weight is 194 g/mol. The number of carbonyl (C=O) groups is 2. The second-order valence-corrected chi connectivity index (χ2v) is 3.18. The van der Waals surface area contributed by atoms with Crippen molar-refractivity contribution in [3.8, 4) is 0 Å². The highest BCUT2D eigenvalue weighted by atomic mass is 16.1. The second-order valence-electron chi connectivity index (χ2n) is 3.18. The van der Waals surface area contributed by atoms with Crippen molar-refractivity contribution in [2.24, 2.45) is 5.92 Å². The van der Waals surface area contributed by atoms with Gasteiger partial charge in [-0.15, -0.1) is 0 Å². The Kier molecular flexibility index (Phi) is 6.63. The Labute approximate surface area is 85.7 Å². The fraction of sp³-hybridized carbons (Fsp3) is 0.500. The van der Waals surface area contributed by atoms with Gasteiger partial charge in [0.25, 0.3) is 0 Å². The molecule has 2 heteroatoms. The molecule has 0 spiro atoms. The van der Waals surface area contributed by atoms with Crippen LogP contribution in [0.3, 0.4) is 0 Å². The highest BCUT2D eigenvalue weighted by molar-refractivity contribution is 5.97. The van der Waals surface area contributed by atoms with Crippen LogP contribution in [0.25, 0.3) is 0 Å². The maximum atomic E-state index is 11.5. The molecule has 0 saturated carbocycles. The Morgan fingerprint density at radius 3 is 2.14 bits per heavy atom. The van der Waals surface area contributed by atoms with E-state index in [9.17, 15) is 9.59 Å². The van der Waals surface area contributed by atoms with E-state index >= 15 is 0 Å². The summed E-state index contributed by atoms with van der Waals surface area (Å²) in [4.78, 5) is 22.7. The SMILES string of the molecule is C/C=C/C(=O)C[C@H](CC)C(=O)/C=C/C. The van der Waals surface area contributed by atoms with Crippen LogP contribution >= 0.6 is 0 Å². The van der Waals surface area contributed by atoms with Crippen LogP contribution in [0.5, 0.6) is 0 Å². The van der Waals surface area contributed by atoms with Gasteiger partial charge in [0.15, 0.2) is 11.6 Å². The van der Waals surface area contributed by atoms with Gasteiger partial charge < -0.3 is 0 Å². The van der Waals surface area contributed by atoms with Crippen LogP contribution in [0.15, 0.2) is 24.3 Å². The molecule has 14 heavy (non-hydrogen) atoms. The van der Waals surface area contributed by atoms with Crippen molar-refractivity contribution < 1.29 is 9.59 Å². The molecule has 0 aliphatic rings. The molecule has 0 fully saturated rings. The fourth-order valence-electron chi connectivity index (χ4n) is 1.24. The zero-order valence-corrected chi connectivity index (χ0v) is 9.12. The van der Waals surface area contributed by atoms with E-state index in [0.717, 1.165) is 0 Å². The van der Waals surface area contributed by atoms with Gasteiger partial charge in [0.1, 0.15) is 0 Å². The first-order valence-electron chi connectivity index (χ1n) is 4.97. The van der Waals surface area contributed by atoms with E-state index in [2.05, 4.69) is 0 Å². The van der Waals surface area contributed by atoms with Crippen molar-refractivity contribution in [2.75, 3.05) is 0 Å². The van der Waals surface area contributed by atoms with Crippen molar-refractivity contribution in [1.29, 1.82) is 0 Å². The van der Waals surface area contributed by atoms with E-state index in [4.69, 9.17) is 0 Å². The second kappa shape index (κ2) is 7.25. The molecule has 0 aromatic carbocycles. The summed E-state index contributed by atoms with van der Waals surface area (Å²) >= 11 is 0. The van der Waals surface area contributed by atoms with Crippen molar-refractivity contribution in [3.63, 3.8) is 0 Å². The summed E-state index contributed by atoms with van der Waals surface area (Å²) in [6.07, 6.45) is 7.51. The Morgan fingerprint density at radius 1 is 1.14 bits per heavy atom. The lowest BCUT2D eigenvalue weighted by Crippen LogP contribution is -2.14. The van der Waals surface area contributed by atoms with E-state index in [-0.39, 0.29) is 17.5 Å². The van der Waals surface area contributed by atoms with Crippen LogP contribution in [-0.4, -0.2) is 11.6 Å². The molecule has 0 aliphatic carbocycles. The van der Waals surface area contributed by atoms with E-state index in [1.807, 2.05) is 6.92 Å². The molecule has 2 nitrogen and oxygen atoms in total. The first-order chi connectivity index (χ1) is 6.65. The third kappa shape index (κ3) is 4.75. The maximum absolute atomic E-state index is 11.5. The summed E-state index contributed by atoms with van der Waals surface area (Å²) in [6.45, 7) is 5.53. The van der Waals surface area contributed by atoms with Gasteiger partial charge in [-0.1, -0.05) is 19.1 Å². The van der Waals surface area contributed by atoms with Crippen LogP contribution in [0.1, 0.15) is 33.6 Å². The van der Waals surface area contributed by atoms with Crippen LogP contribution in [0, 0.1) is 5.92 Å². The summed E-state index contributed by atoms with van der Waals surface area (Å²) < 4.78 is 0.